The van der Waals surface area contributed by atoms with Gasteiger partial charge in [-0.05, 0) is 6.07 Å². The quantitative estimate of drug-likeness (QED) is 0.698. The average molecular weight is 229 g/mol. The zero-order chi connectivity index (χ0) is 11.7. The second-order valence-electron chi connectivity index (χ2n) is 3.64. The lowest BCUT2D eigenvalue weighted by atomic mass is 10.5. The lowest BCUT2D eigenvalue weighted by molar-refractivity contribution is 0.539. The summed E-state index contributed by atoms with van der Waals surface area (Å²) in [7, 11) is 0. The number of hydrogen-bond acceptors (Lipinski definition) is 5. The van der Waals surface area contributed by atoms with Gasteiger partial charge in [0.15, 0.2) is 11.5 Å². The molecule has 3 rings (SSSR count). The molecule has 0 aliphatic heterocycles. The highest BCUT2D eigenvalue weighted by Gasteiger charge is 2.07. The molecule has 3 heterocycles. The zero-order valence-electron chi connectivity index (χ0n) is 9.06. The Morgan fingerprint density at radius 1 is 1.18 bits per heavy atom. The van der Waals surface area contributed by atoms with Crippen LogP contribution in [-0.2, 0) is 13.1 Å². The van der Waals surface area contributed by atoms with Crippen molar-refractivity contribution < 1.29 is 0 Å². The minimum atomic E-state index is 0.410. The minimum absolute atomic E-state index is 0.410. The van der Waals surface area contributed by atoms with E-state index < -0.39 is 0 Å². The molecule has 0 fully saturated rings. The zero-order valence-corrected chi connectivity index (χ0v) is 9.06. The normalized spacial score (nSPS) is 11.1. The van der Waals surface area contributed by atoms with E-state index >= 15 is 0 Å². The van der Waals surface area contributed by atoms with Gasteiger partial charge in [0.05, 0.1) is 12.9 Å². The molecule has 0 aliphatic rings. The lowest BCUT2D eigenvalue weighted by Gasteiger charge is -2.03. The standard InChI is InChI=1S/C10H11N7/c11-9-8-10(13-6-12-9)16(7-14-8)4-5-17-3-1-2-15-17/h1-3,6-7H,4-5H2,(H2,11,12,13). The highest BCUT2D eigenvalue weighted by Crippen LogP contribution is 2.13. The number of aromatic nitrogens is 6. The van der Waals surface area contributed by atoms with Crippen LogP contribution < -0.4 is 5.73 Å². The van der Waals surface area contributed by atoms with Crippen molar-refractivity contribution in [3.05, 3.63) is 31.1 Å². The molecule has 7 heteroatoms. The molecule has 0 atom stereocenters. The maximum atomic E-state index is 5.72. The molecule has 2 N–H and O–H groups in total. The first-order valence-electron chi connectivity index (χ1n) is 5.23. The van der Waals surface area contributed by atoms with Gasteiger partial charge in [-0.1, -0.05) is 0 Å². The van der Waals surface area contributed by atoms with Crippen LogP contribution >= 0.6 is 0 Å². The monoisotopic (exact) mass is 229 g/mol. The Kier molecular flexibility index (Phi) is 2.21. The molecule has 0 radical (unpaired) electrons. The molecule has 0 saturated carbocycles. The van der Waals surface area contributed by atoms with Crippen LogP contribution in [0.1, 0.15) is 0 Å². The van der Waals surface area contributed by atoms with Crippen LogP contribution in [0.15, 0.2) is 31.1 Å². The van der Waals surface area contributed by atoms with Gasteiger partial charge in [-0.2, -0.15) is 5.10 Å². The average Bonchev–Trinajstić information content (AvgIpc) is 2.95. The van der Waals surface area contributed by atoms with Crippen molar-refractivity contribution >= 4 is 17.0 Å². The van der Waals surface area contributed by atoms with Crippen molar-refractivity contribution in [2.75, 3.05) is 5.73 Å². The molecule has 0 unspecified atom stereocenters. The van der Waals surface area contributed by atoms with E-state index in [4.69, 9.17) is 5.73 Å². The molecular weight excluding hydrogens is 218 g/mol. The van der Waals surface area contributed by atoms with Gasteiger partial charge in [-0.25, -0.2) is 15.0 Å². The topological polar surface area (TPSA) is 87.4 Å². The number of nitrogens with zero attached hydrogens (tertiary/aromatic N) is 6. The third kappa shape index (κ3) is 1.71. The van der Waals surface area contributed by atoms with Crippen molar-refractivity contribution in [2.24, 2.45) is 0 Å². The van der Waals surface area contributed by atoms with Crippen molar-refractivity contribution in [2.45, 2.75) is 13.1 Å². The van der Waals surface area contributed by atoms with Gasteiger partial charge in [-0.3, -0.25) is 4.68 Å². The lowest BCUT2D eigenvalue weighted by Crippen LogP contribution is -2.07. The molecule has 17 heavy (non-hydrogen) atoms. The van der Waals surface area contributed by atoms with Crippen LogP contribution in [0.4, 0.5) is 5.82 Å². The number of hydrogen-bond donors (Lipinski definition) is 1. The summed E-state index contributed by atoms with van der Waals surface area (Å²) in [4.78, 5) is 12.3. The Hall–Kier alpha value is -2.44. The summed E-state index contributed by atoms with van der Waals surface area (Å²) >= 11 is 0. The maximum Gasteiger partial charge on any atom is 0.165 e. The molecule has 3 aromatic heterocycles. The van der Waals surface area contributed by atoms with Crippen LogP contribution in [-0.4, -0.2) is 29.3 Å². The molecule has 0 bridgehead atoms. The fourth-order valence-corrected chi connectivity index (χ4v) is 1.71. The molecule has 0 amide bonds. The molecule has 0 aromatic carbocycles. The van der Waals surface area contributed by atoms with E-state index in [9.17, 15) is 0 Å². The first kappa shape index (κ1) is 9.76. The third-order valence-electron chi connectivity index (χ3n) is 2.56. The summed E-state index contributed by atoms with van der Waals surface area (Å²) < 4.78 is 3.80. The van der Waals surface area contributed by atoms with E-state index in [0.29, 0.717) is 11.3 Å². The molecule has 3 aromatic rings. The van der Waals surface area contributed by atoms with Crippen LogP contribution in [0.5, 0.6) is 0 Å². The van der Waals surface area contributed by atoms with E-state index in [0.717, 1.165) is 18.7 Å². The molecule has 7 nitrogen and oxygen atoms in total. The second-order valence-corrected chi connectivity index (χ2v) is 3.64. The Bertz CT molecular complexity index is 625. The van der Waals surface area contributed by atoms with E-state index in [2.05, 4.69) is 20.1 Å². The highest BCUT2D eigenvalue weighted by atomic mass is 15.3. The Morgan fingerprint density at radius 3 is 2.94 bits per heavy atom. The molecular formula is C10H11N7. The predicted octanol–water partition coefficient (Wildman–Crippen LogP) is 0.305. The summed E-state index contributed by atoms with van der Waals surface area (Å²) in [6, 6.07) is 1.90. The smallest absolute Gasteiger partial charge is 0.165 e. The summed E-state index contributed by atoms with van der Waals surface area (Å²) in [5, 5.41) is 4.14. The number of nitrogen functional groups attached to an aromatic ring is 1. The van der Waals surface area contributed by atoms with Crippen molar-refractivity contribution in [3.8, 4) is 0 Å². The van der Waals surface area contributed by atoms with Gasteiger partial charge >= 0.3 is 0 Å². The number of anilines is 1. The van der Waals surface area contributed by atoms with Gasteiger partial charge in [-0.15, -0.1) is 0 Å². The fourth-order valence-electron chi connectivity index (χ4n) is 1.71. The third-order valence-corrected chi connectivity index (χ3v) is 2.56. The Labute approximate surface area is 96.9 Å². The van der Waals surface area contributed by atoms with Crippen molar-refractivity contribution in [1.29, 1.82) is 0 Å². The predicted molar refractivity (Wildman–Crippen MR) is 62.0 cm³/mol. The van der Waals surface area contributed by atoms with Gasteiger partial charge < -0.3 is 10.3 Å². The number of fused-ring (bicyclic) bond motifs is 1. The van der Waals surface area contributed by atoms with Crippen LogP contribution in [0.3, 0.4) is 0 Å². The van der Waals surface area contributed by atoms with Gasteiger partial charge in [0.2, 0.25) is 0 Å². The number of rotatable bonds is 3. The minimum Gasteiger partial charge on any atom is -0.382 e. The Morgan fingerprint density at radius 2 is 2.12 bits per heavy atom. The van der Waals surface area contributed by atoms with Crippen LogP contribution in [0, 0.1) is 0 Å². The number of aryl methyl sites for hydroxylation is 2. The van der Waals surface area contributed by atoms with Crippen LogP contribution in [0.25, 0.3) is 11.2 Å². The first-order chi connectivity index (χ1) is 8.34. The summed E-state index contributed by atoms with van der Waals surface area (Å²) in [5.74, 6) is 0.410. The number of imidazole rings is 1. The second kappa shape index (κ2) is 3.85. The molecule has 86 valence electrons. The van der Waals surface area contributed by atoms with E-state index in [1.807, 2.05) is 21.5 Å². The maximum absolute atomic E-state index is 5.72. The molecule has 0 aliphatic carbocycles. The van der Waals surface area contributed by atoms with E-state index in [-0.39, 0.29) is 0 Å². The summed E-state index contributed by atoms with van der Waals surface area (Å²) in [6.45, 7) is 1.51. The van der Waals surface area contributed by atoms with Gasteiger partial charge in [0.25, 0.3) is 0 Å². The van der Waals surface area contributed by atoms with E-state index in [1.165, 1.54) is 6.33 Å². The highest BCUT2D eigenvalue weighted by molar-refractivity contribution is 5.80. The first-order valence-corrected chi connectivity index (χ1v) is 5.23. The van der Waals surface area contributed by atoms with Crippen molar-refractivity contribution in [3.63, 3.8) is 0 Å². The molecule has 0 saturated heterocycles. The number of nitrogens with two attached hydrogens (primary N) is 1. The molecule has 0 spiro atoms. The van der Waals surface area contributed by atoms with E-state index in [1.54, 1.807) is 12.5 Å². The SMILES string of the molecule is Nc1ncnc2c1ncn2CCn1cccn1. The van der Waals surface area contributed by atoms with Gasteiger partial charge in [0.1, 0.15) is 11.8 Å². The summed E-state index contributed by atoms with van der Waals surface area (Å²) in [5.41, 5.74) is 7.12. The van der Waals surface area contributed by atoms with Crippen LogP contribution in [0.2, 0.25) is 0 Å². The van der Waals surface area contributed by atoms with Gasteiger partial charge in [0, 0.05) is 18.9 Å². The summed E-state index contributed by atoms with van der Waals surface area (Å²) in [6.07, 6.45) is 6.84. The largest absolute Gasteiger partial charge is 0.382 e. The van der Waals surface area contributed by atoms with Crippen molar-refractivity contribution in [1.82, 2.24) is 29.3 Å². The fraction of sp³-hybridized carbons (Fsp3) is 0.200. The Balaban J connectivity index is 1.88.